The van der Waals surface area contributed by atoms with Gasteiger partial charge in [0.05, 0.1) is 22.6 Å². The second-order valence-corrected chi connectivity index (χ2v) is 6.39. The predicted molar refractivity (Wildman–Crippen MR) is 101 cm³/mol. The van der Waals surface area contributed by atoms with Gasteiger partial charge in [0.2, 0.25) is 0 Å². The summed E-state index contributed by atoms with van der Waals surface area (Å²) < 4.78 is 38.1. The Morgan fingerprint density at radius 1 is 1.04 bits per heavy atom. The minimum atomic E-state index is -4.43. The van der Waals surface area contributed by atoms with Crippen LogP contribution in [0.5, 0.6) is 0 Å². The lowest BCUT2D eigenvalue weighted by atomic mass is 10.1. The Hall–Kier alpha value is -3.09. The Labute approximate surface area is 160 Å². The summed E-state index contributed by atoms with van der Waals surface area (Å²) in [4.78, 5) is 12.5. The van der Waals surface area contributed by atoms with E-state index in [1.54, 1.807) is 0 Å². The number of anilines is 1. The fourth-order valence-corrected chi connectivity index (χ4v) is 2.92. The molecule has 1 aromatic heterocycles. The van der Waals surface area contributed by atoms with Gasteiger partial charge in [-0.2, -0.15) is 18.3 Å². The Morgan fingerprint density at radius 3 is 2.32 bits per heavy atom. The second kappa shape index (κ2) is 8.29. The Kier molecular flexibility index (Phi) is 5.82. The fourth-order valence-electron chi connectivity index (χ4n) is 2.92. The van der Waals surface area contributed by atoms with E-state index in [0.717, 1.165) is 29.8 Å². The summed E-state index contributed by atoms with van der Waals surface area (Å²) in [6.45, 7) is 1.92. The summed E-state index contributed by atoms with van der Waals surface area (Å²) in [5, 5.41) is 10.0. The second-order valence-electron chi connectivity index (χ2n) is 6.39. The van der Waals surface area contributed by atoms with Gasteiger partial charge in [0, 0.05) is 5.56 Å². The molecule has 3 rings (SSSR count). The lowest BCUT2D eigenvalue weighted by Crippen LogP contribution is -2.15. The van der Waals surface area contributed by atoms with E-state index in [2.05, 4.69) is 15.5 Å². The molecule has 28 heavy (non-hydrogen) atoms. The summed E-state index contributed by atoms with van der Waals surface area (Å²) >= 11 is 0. The molecule has 0 fully saturated rings. The van der Waals surface area contributed by atoms with Crippen molar-refractivity contribution in [1.82, 2.24) is 10.2 Å². The number of rotatable bonds is 6. The maximum Gasteiger partial charge on any atom is 0.416 e. The van der Waals surface area contributed by atoms with Crippen LogP contribution in [0.15, 0.2) is 54.6 Å². The number of hydrogen-bond donors (Lipinski definition) is 2. The van der Waals surface area contributed by atoms with Crippen LogP contribution in [0.3, 0.4) is 0 Å². The minimum Gasteiger partial charge on any atom is -0.319 e. The molecular weight excluding hydrogens is 367 g/mol. The first-order valence-corrected chi connectivity index (χ1v) is 8.97. The number of alkyl halides is 3. The molecule has 2 aromatic carbocycles. The molecule has 7 heteroatoms. The molecule has 2 N–H and O–H groups in total. The molecule has 0 spiro atoms. The zero-order valence-electron chi connectivity index (χ0n) is 15.3. The third-order valence-electron chi connectivity index (χ3n) is 4.47. The summed E-state index contributed by atoms with van der Waals surface area (Å²) in [6.07, 6.45) is -2.39. The third kappa shape index (κ3) is 4.60. The number of aryl methyl sites for hydroxylation is 3. The quantitative estimate of drug-likeness (QED) is 0.623. The number of benzene rings is 2. The normalized spacial score (nSPS) is 11.4. The predicted octanol–water partition coefficient (Wildman–Crippen LogP) is 5.03. The van der Waals surface area contributed by atoms with Gasteiger partial charge in [-0.3, -0.25) is 9.89 Å². The highest BCUT2D eigenvalue weighted by Crippen LogP contribution is 2.29. The monoisotopic (exact) mass is 387 g/mol. The molecule has 0 saturated carbocycles. The van der Waals surface area contributed by atoms with Crippen LogP contribution >= 0.6 is 0 Å². The molecule has 0 atom stereocenters. The molecule has 4 nitrogen and oxygen atoms in total. The van der Waals surface area contributed by atoms with Crippen LogP contribution in [0.25, 0.3) is 0 Å². The zero-order valence-corrected chi connectivity index (χ0v) is 15.3. The first-order valence-electron chi connectivity index (χ1n) is 8.97. The van der Waals surface area contributed by atoms with E-state index >= 15 is 0 Å². The topological polar surface area (TPSA) is 57.8 Å². The van der Waals surface area contributed by atoms with Crippen molar-refractivity contribution >= 4 is 11.6 Å². The zero-order chi connectivity index (χ0) is 20.1. The molecular formula is C21H20F3N3O. The van der Waals surface area contributed by atoms with Gasteiger partial charge in [0.25, 0.3) is 5.91 Å². The van der Waals surface area contributed by atoms with Crippen molar-refractivity contribution < 1.29 is 18.0 Å². The van der Waals surface area contributed by atoms with E-state index in [-0.39, 0.29) is 5.56 Å². The highest BCUT2D eigenvalue weighted by atomic mass is 19.4. The number of halogens is 3. The number of hydrogen-bond acceptors (Lipinski definition) is 2. The molecule has 0 aliphatic rings. The van der Waals surface area contributed by atoms with Crippen LogP contribution in [-0.4, -0.2) is 16.1 Å². The molecule has 0 bridgehead atoms. The highest BCUT2D eigenvalue weighted by Gasteiger charge is 2.30. The Morgan fingerprint density at radius 2 is 1.71 bits per heavy atom. The van der Waals surface area contributed by atoms with Crippen LogP contribution in [0.2, 0.25) is 0 Å². The lowest BCUT2D eigenvalue weighted by Gasteiger charge is -2.10. The van der Waals surface area contributed by atoms with Crippen LogP contribution < -0.4 is 5.32 Å². The Bertz CT molecular complexity index is 932. The van der Waals surface area contributed by atoms with Crippen molar-refractivity contribution in [3.8, 4) is 0 Å². The molecule has 0 unspecified atom stereocenters. The van der Waals surface area contributed by atoms with Gasteiger partial charge in [-0.15, -0.1) is 0 Å². The fraction of sp³-hybridized carbons (Fsp3) is 0.238. The van der Waals surface area contributed by atoms with Crippen molar-refractivity contribution in [2.45, 2.75) is 32.4 Å². The van der Waals surface area contributed by atoms with E-state index < -0.39 is 17.6 Å². The number of carbonyl (C=O) groups is 1. The number of amides is 1. The maximum absolute atomic E-state index is 12.7. The minimum absolute atomic E-state index is 0.158. The van der Waals surface area contributed by atoms with Crippen molar-refractivity contribution in [1.29, 1.82) is 0 Å². The van der Waals surface area contributed by atoms with Crippen LogP contribution in [0.1, 0.15) is 39.8 Å². The summed E-state index contributed by atoms with van der Waals surface area (Å²) in [5.41, 5.74) is 2.64. The van der Waals surface area contributed by atoms with Crippen molar-refractivity contribution in [3.05, 3.63) is 82.7 Å². The van der Waals surface area contributed by atoms with Gasteiger partial charge in [-0.25, -0.2) is 0 Å². The highest BCUT2D eigenvalue weighted by molar-refractivity contribution is 6.04. The van der Waals surface area contributed by atoms with Crippen LogP contribution in [-0.2, 0) is 25.4 Å². The molecule has 146 valence electrons. The van der Waals surface area contributed by atoms with Gasteiger partial charge >= 0.3 is 6.18 Å². The number of nitrogens with one attached hydrogen (secondary N) is 2. The first-order chi connectivity index (χ1) is 13.4. The number of aromatic amines is 1. The molecule has 0 saturated heterocycles. The largest absolute Gasteiger partial charge is 0.416 e. The average Bonchev–Trinajstić information content (AvgIpc) is 3.08. The number of carbonyl (C=O) groups excluding carboxylic acids is 1. The Balaban J connectivity index is 1.75. The maximum atomic E-state index is 12.7. The molecule has 0 aliphatic carbocycles. The third-order valence-corrected chi connectivity index (χ3v) is 4.47. The summed E-state index contributed by atoms with van der Waals surface area (Å²) in [7, 11) is 0. The van der Waals surface area contributed by atoms with Crippen molar-refractivity contribution in [2.75, 3.05) is 5.32 Å². The van der Waals surface area contributed by atoms with Crippen LogP contribution in [0, 0.1) is 0 Å². The summed E-state index contributed by atoms with van der Waals surface area (Å²) in [6, 6.07) is 14.1. The molecule has 0 radical (unpaired) electrons. The molecule has 0 aliphatic heterocycles. The van der Waals surface area contributed by atoms with E-state index in [9.17, 15) is 18.0 Å². The van der Waals surface area contributed by atoms with Crippen LogP contribution in [0.4, 0.5) is 18.9 Å². The van der Waals surface area contributed by atoms with Crippen molar-refractivity contribution in [3.63, 3.8) is 0 Å². The molecule has 1 heterocycles. The summed E-state index contributed by atoms with van der Waals surface area (Å²) in [5.74, 6) is -0.467. The average molecular weight is 387 g/mol. The number of aromatic nitrogens is 2. The van der Waals surface area contributed by atoms with E-state index in [1.165, 1.54) is 12.1 Å². The van der Waals surface area contributed by atoms with Gasteiger partial charge < -0.3 is 5.32 Å². The van der Waals surface area contributed by atoms with Gasteiger partial charge in [0.15, 0.2) is 0 Å². The van der Waals surface area contributed by atoms with E-state index in [0.29, 0.717) is 24.2 Å². The molecule has 3 aromatic rings. The van der Waals surface area contributed by atoms with Gasteiger partial charge in [-0.1, -0.05) is 37.3 Å². The van der Waals surface area contributed by atoms with Gasteiger partial charge in [0.1, 0.15) is 0 Å². The van der Waals surface area contributed by atoms with E-state index in [1.807, 2.05) is 37.3 Å². The lowest BCUT2D eigenvalue weighted by molar-refractivity contribution is -0.137. The van der Waals surface area contributed by atoms with E-state index in [4.69, 9.17) is 0 Å². The van der Waals surface area contributed by atoms with Crippen molar-refractivity contribution in [2.24, 2.45) is 0 Å². The first kappa shape index (κ1) is 19.7. The number of nitrogens with zero attached hydrogens (tertiary/aromatic N) is 1. The standard InChI is InChI=1S/C21H20F3N3O/c1-2-17-19(18(27-26-17)13-8-14-6-4-3-5-7-14)25-20(28)15-9-11-16(12-10-15)21(22,23)24/h3-7,9-12H,2,8,13H2,1H3,(H,25,28)(H,26,27). The molecule has 1 amide bonds. The van der Waals surface area contributed by atoms with Gasteiger partial charge in [-0.05, 0) is 49.1 Å². The smallest absolute Gasteiger partial charge is 0.319 e. The number of H-pyrrole nitrogens is 1. The SMILES string of the molecule is CCc1n[nH]c(CCc2ccccc2)c1NC(=O)c1ccc(C(F)(F)F)cc1.